The number of amides is 1. The topological polar surface area (TPSA) is 118 Å². The number of sulfonamides is 1. The summed E-state index contributed by atoms with van der Waals surface area (Å²) in [5.74, 6) is 1.73. The van der Waals surface area contributed by atoms with Crippen LogP contribution in [0.15, 0.2) is 29.2 Å². The number of hydrazine groups is 1. The van der Waals surface area contributed by atoms with E-state index in [0.717, 1.165) is 31.4 Å². The smallest absolute Gasteiger partial charge is 0.278 e. The van der Waals surface area contributed by atoms with Crippen LogP contribution in [0.25, 0.3) is 0 Å². The normalized spacial score (nSPS) is 31.6. The van der Waals surface area contributed by atoms with Gasteiger partial charge in [-0.25, -0.2) is 8.42 Å². The molecule has 4 bridgehead atoms. The van der Waals surface area contributed by atoms with Crippen molar-refractivity contribution in [3.05, 3.63) is 34.4 Å². The van der Waals surface area contributed by atoms with Gasteiger partial charge in [0, 0.05) is 12.5 Å². The second-order valence-electron chi connectivity index (χ2n) is 8.47. The molecule has 8 nitrogen and oxygen atoms in total. The van der Waals surface area contributed by atoms with E-state index < -0.39 is 25.5 Å². The molecule has 5 rings (SSSR count). The number of rotatable bonds is 6. The number of nitrogens with one attached hydrogen (secondary N) is 2. The summed E-state index contributed by atoms with van der Waals surface area (Å²) in [6.45, 7) is 0. The van der Waals surface area contributed by atoms with Gasteiger partial charge in [-0.3, -0.25) is 20.3 Å². The van der Waals surface area contributed by atoms with Gasteiger partial charge in [0.1, 0.15) is 0 Å². The molecular weight excluding hydrogens is 370 g/mol. The molecule has 0 atom stereocenters. The third-order valence-corrected chi connectivity index (χ3v) is 7.67. The molecule has 0 heterocycles. The van der Waals surface area contributed by atoms with E-state index in [1.165, 1.54) is 31.4 Å². The molecule has 4 aliphatic rings. The van der Waals surface area contributed by atoms with Gasteiger partial charge in [-0.1, -0.05) is 12.1 Å². The van der Waals surface area contributed by atoms with Crippen molar-refractivity contribution < 1.29 is 18.1 Å². The van der Waals surface area contributed by atoms with Crippen molar-refractivity contribution in [2.24, 2.45) is 23.2 Å². The van der Waals surface area contributed by atoms with Crippen molar-refractivity contribution in [2.45, 2.75) is 49.8 Å². The van der Waals surface area contributed by atoms with Gasteiger partial charge in [0.15, 0.2) is 4.90 Å². The highest BCUT2D eigenvalue weighted by Crippen LogP contribution is 2.61. The summed E-state index contributed by atoms with van der Waals surface area (Å²) in [4.78, 5) is 24.3. The number of para-hydroxylation sites is 1. The molecule has 146 valence electrons. The first-order valence-corrected chi connectivity index (χ1v) is 10.8. The summed E-state index contributed by atoms with van der Waals surface area (Å²) in [7, 11) is -4.22. The lowest BCUT2D eigenvalue weighted by atomic mass is 9.49. The quantitative estimate of drug-likeness (QED) is 0.569. The van der Waals surface area contributed by atoms with Gasteiger partial charge in [0.05, 0.1) is 4.92 Å². The molecule has 9 heteroatoms. The molecule has 1 amide bonds. The lowest BCUT2D eigenvalue weighted by molar-refractivity contribution is -0.387. The van der Waals surface area contributed by atoms with Crippen LogP contribution in [0.1, 0.15) is 44.9 Å². The van der Waals surface area contributed by atoms with Crippen molar-refractivity contribution in [3.63, 3.8) is 0 Å². The van der Waals surface area contributed by atoms with E-state index in [4.69, 9.17) is 0 Å². The van der Waals surface area contributed by atoms with Gasteiger partial charge in [-0.05, 0) is 67.8 Å². The summed E-state index contributed by atoms with van der Waals surface area (Å²) < 4.78 is 24.8. The Morgan fingerprint density at radius 1 is 1.11 bits per heavy atom. The Morgan fingerprint density at radius 2 is 1.67 bits per heavy atom. The molecule has 2 N–H and O–H groups in total. The predicted molar refractivity (Wildman–Crippen MR) is 96.8 cm³/mol. The Morgan fingerprint density at radius 3 is 2.22 bits per heavy atom. The van der Waals surface area contributed by atoms with Gasteiger partial charge < -0.3 is 0 Å². The summed E-state index contributed by atoms with van der Waals surface area (Å²) in [5.41, 5.74) is 1.72. The van der Waals surface area contributed by atoms with E-state index in [1.54, 1.807) is 0 Å². The van der Waals surface area contributed by atoms with Gasteiger partial charge in [-0.15, -0.1) is 4.83 Å². The predicted octanol–water partition coefficient (Wildman–Crippen LogP) is 2.51. The Bertz CT molecular complexity index is 847. The van der Waals surface area contributed by atoms with Crippen molar-refractivity contribution >= 4 is 21.6 Å². The van der Waals surface area contributed by atoms with Crippen LogP contribution >= 0.6 is 0 Å². The third-order valence-electron chi connectivity index (χ3n) is 6.38. The first-order chi connectivity index (χ1) is 12.8. The van der Waals surface area contributed by atoms with Crippen LogP contribution in [-0.4, -0.2) is 19.2 Å². The summed E-state index contributed by atoms with van der Waals surface area (Å²) >= 11 is 0. The van der Waals surface area contributed by atoms with Crippen LogP contribution in [0, 0.1) is 33.3 Å². The fourth-order valence-corrected chi connectivity index (χ4v) is 6.94. The second-order valence-corrected chi connectivity index (χ2v) is 10.1. The zero-order valence-corrected chi connectivity index (χ0v) is 15.7. The van der Waals surface area contributed by atoms with Crippen LogP contribution in [0.2, 0.25) is 0 Å². The highest BCUT2D eigenvalue weighted by Gasteiger charge is 2.51. The van der Waals surface area contributed by atoms with Gasteiger partial charge in [0.25, 0.3) is 15.7 Å². The maximum absolute atomic E-state index is 12.5. The lowest BCUT2D eigenvalue weighted by Gasteiger charge is -2.56. The van der Waals surface area contributed by atoms with Gasteiger partial charge >= 0.3 is 0 Å². The zero-order valence-electron chi connectivity index (χ0n) is 14.9. The van der Waals surface area contributed by atoms with E-state index in [0.29, 0.717) is 24.2 Å². The minimum atomic E-state index is -4.22. The molecule has 1 aromatic rings. The number of nitrogens with zero attached hydrogens (tertiary/aromatic N) is 1. The molecule has 4 aliphatic carbocycles. The second kappa shape index (κ2) is 6.56. The summed E-state index contributed by atoms with van der Waals surface area (Å²) in [5, 5.41) is 11.0. The molecule has 0 radical (unpaired) electrons. The summed E-state index contributed by atoms with van der Waals surface area (Å²) in [6.07, 6.45) is 7.24. The highest BCUT2D eigenvalue weighted by atomic mass is 32.2. The summed E-state index contributed by atoms with van der Waals surface area (Å²) in [6, 6.07) is 5.05. The van der Waals surface area contributed by atoms with Crippen LogP contribution in [0.5, 0.6) is 0 Å². The zero-order chi connectivity index (χ0) is 19.2. The molecule has 4 saturated carbocycles. The number of nitro benzene ring substituents is 1. The van der Waals surface area contributed by atoms with Gasteiger partial charge in [-0.2, -0.15) is 0 Å². The minimum Gasteiger partial charge on any atom is -0.278 e. The number of nitro groups is 1. The molecule has 1 aromatic carbocycles. The number of carbonyl (C=O) groups is 1. The van der Waals surface area contributed by atoms with E-state index in [1.807, 2.05) is 4.83 Å². The SMILES string of the molecule is O=C(CC12CC3CC(CC(C3)C1)C2)NNS(=O)(=O)c1ccccc1[N+](=O)[O-]. The Kier molecular flexibility index (Phi) is 4.46. The molecular formula is C18H23N3O5S. The van der Waals surface area contributed by atoms with E-state index >= 15 is 0 Å². The molecule has 0 spiro atoms. The van der Waals surface area contributed by atoms with Crippen LogP contribution in [0.3, 0.4) is 0 Å². The number of hydrogen-bond donors (Lipinski definition) is 2. The molecule has 0 saturated heterocycles. The first kappa shape index (κ1) is 18.4. The monoisotopic (exact) mass is 393 g/mol. The number of carbonyl (C=O) groups excluding carboxylic acids is 1. The molecule has 0 unspecified atom stereocenters. The van der Waals surface area contributed by atoms with Crippen molar-refractivity contribution in [1.82, 2.24) is 10.3 Å². The third kappa shape index (κ3) is 3.58. The average Bonchev–Trinajstić information content (AvgIpc) is 2.58. The Hall–Kier alpha value is -2.00. The van der Waals surface area contributed by atoms with Gasteiger partial charge in [0.2, 0.25) is 5.91 Å². The standard InChI is InChI=1S/C18H23N3O5S/c22-17(11-18-8-12-5-13(9-18)7-14(6-12)10-18)19-20-27(25,26)16-4-2-1-3-15(16)21(23)24/h1-4,12-14,20H,5-11H2,(H,19,22). The highest BCUT2D eigenvalue weighted by molar-refractivity contribution is 7.89. The molecule has 0 aromatic heterocycles. The maximum Gasteiger partial charge on any atom is 0.289 e. The van der Waals surface area contributed by atoms with E-state index in [9.17, 15) is 23.3 Å². The average molecular weight is 393 g/mol. The molecule has 27 heavy (non-hydrogen) atoms. The fraction of sp³-hybridized carbons (Fsp3) is 0.611. The Balaban J connectivity index is 1.42. The van der Waals surface area contributed by atoms with Crippen molar-refractivity contribution in [1.29, 1.82) is 0 Å². The minimum absolute atomic E-state index is 0.0109. The largest absolute Gasteiger partial charge is 0.289 e. The van der Waals surface area contributed by atoms with Crippen molar-refractivity contribution in [2.75, 3.05) is 0 Å². The molecule has 4 fully saturated rings. The lowest BCUT2D eigenvalue weighted by Crippen LogP contribution is -2.50. The number of hydrogen-bond acceptors (Lipinski definition) is 5. The molecule has 0 aliphatic heterocycles. The maximum atomic E-state index is 12.5. The van der Waals surface area contributed by atoms with Crippen LogP contribution < -0.4 is 10.3 Å². The van der Waals surface area contributed by atoms with Crippen LogP contribution in [0.4, 0.5) is 5.69 Å². The Labute approximate surface area is 157 Å². The fourth-order valence-electron chi connectivity index (χ4n) is 5.91. The number of benzene rings is 1. The first-order valence-electron chi connectivity index (χ1n) is 9.30. The van der Waals surface area contributed by atoms with Crippen molar-refractivity contribution in [3.8, 4) is 0 Å². The van der Waals surface area contributed by atoms with E-state index in [2.05, 4.69) is 5.43 Å². The van der Waals surface area contributed by atoms with E-state index in [-0.39, 0.29) is 11.3 Å². The van der Waals surface area contributed by atoms with Crippen LogP contribution in [-0.2, 0) is 14.8 Å².